The molecule has 0 amide bonds. The molecule has 2 heterocycles. The van der Waals surface area contributed by atoms with Crippen molar-refractivity contribution in [2.45, 2.75) is 58.5 Å². The van der Waals surface area contributed by atoms with E-state index in [4.69, 9.17) is 9.47 Å². The Morgan fingerprint density at radius 3 is 2.77 bits per heavy atom. The number of rotatable bonds is 9. The van der Waals surface area contributed by atoms with Gasteiger partial charge in [-0.15, -0.1) is 5.10 Å². The quantitative estimate of drug-likeness (QED) is 0.604. The number of carboxylic acids is 1. The van der Waals surface area contributed by atoms with Gasteiger partial charge in [-0.1, -0.05) is 19.1 Å². The third kappa shape index (κ3) is 6.26. The highest BCUT2D eigenvalue weighted by Crippen LogP contribution is 2.29. The number of nitrogens with zero attached hydrogens (tertiary/aromatic N) is 4. The molecule has 2 aromatic heterocycles. The van der Waals surface area contributed by atoms with Gasteiger partial charge in [-0.25, -0.2) is 0 Å². The molecule has 0 unspecified atom stereocenters. The Bertz CT molecular complexity index is 894. The van der Waals surface area contributed by atoms with Gasteiger partial charge in [0.25, 0.3) is 0 Å². The molecule has 3 rings (SSSR count). The Hall–Kier alpha value is -2.97. The molecule has 1 fully saturated rings. The first-order valence-corrected chi connectivity index (χ1v) is 10.7. The zero-order chi connectivity index (χ0) is 22.4. The third-order valence-corrected chi connectivity index (χ3v) is 5.47. The fourth-order valence-electron chi connectivity index (χ4n) is 3.63. The third-order valence-electron chi connectivity index (χ3n) is 5.47. The highest BCUT2D eigenvalue weighted by Gasteiger charge is 2.28. The van der Waals surface area contributed by atoms with Gasteiger partial charge in [0.1, 0.15) is 11.4 Å². The molecule has 0 radical (unpaired) electrons. The lowest BCUT2D eigenvalue weighted by atomic mass is 9.87. The standard InChI is InChI=1S/C22H30N4O5/c1-14(2)9-10-30-20(27)12-19-21(24-25-26(19)3)18-8-7-17(13-23-18)31-16-6-4-5-15(11-16)22(28)29/h7-8,13-16H,4-6,9-12H2,1-3H3,(H,28,29)/t15-,16-/m0/s1. The number of ether oxygens (including phenoxy) is 2. The van der Waals surface area contributed by atoms with Crippen molar-refractivity contribution in [2.24, 2.45) is 18.9 Å². The average Bonchev–Trinajstić information content (AvgIpc) is 3.08. The molecular formula is C22H30N4O5. The second-order valence-electron chi connectivity index (χ2n) is 8.41. The number of aryl methyl sites for hydroxylation is 1. The number of hydrogen-bond donors (Lipinski definition) is 1. The van der Waals surface area contributed by atoms with Crippen molar-refractivity contribution in [3.63, 3.8) is 0 Å². The van der Waals surface area contributed by atoms with Crippen LogP contribution in [-0.4, -0.2) is 49.7 Å². The first-order chi connectivity index (χ1) is 14.8. The first kappa shape index (κ1) is 22.7. The zero-order valence-electron chi connectivity index (χ0n) is 18.3. The van der Waals surface area contributed by atoms with Gasteiger partial charge in [0.15, 0.2) is 0 Å². The van der Waals surface area contributed by atoms with Crippen molar-refractivity contribution >= 4 is 11.9 Å². The molecule has 31 heavy (non-hydrogen) atoms. The van der Waals surface area contributed by atoms with Crippen LogP contribution in [0.25, 0.3) is 11.4 Å². The maximum atomic E-state index is 12.2. The van der Waals surface area contributed by atoms with Crippen LogP contribution in [0.4, 0.5) is 0 Å². The van der Waals surface area contributed by atoms with E-state index >= 15 is 0 Å². The van der Waals surface area contributed by atoms with Crippen LogP contribution in [0.1, 0.15) is 51.6 Å². The fraction of sp³-hybridized carbons (Fsp3) is 0.591. The summed E-state index contributed by atoms with van der Waals surface area (Å²) in [5.41, 5.74) is 1.74. The number of pyridine rings is 1. The van der Waals surface area contributed by atoms with Crippen LogP contribution >= 0.6 is 0 Å². The number of carboxylic acid groups (broad SMARTS) is 1. The van der Waals surface area contributed by atoms with Crippen LogP contribution in [-0.2, 0) is 27.8 Å². The summed E-state index contributed by atoms with van der Waals surface area (Å²) in [7, 11) is 1.73. The van der Waals surface area contributed by atoms with Crippen molar-refractivity contribution in [3.05, 3.63) is 24.0 Å². The summed E-state index contributed by atoms with van der Waals surface area (Å²) >= 11 is 0. The van der Waals surface area contributed by atoms with Crippen LogP contribution in [0.3, 0.4) is 0 Å². The maximum Gasteiger partial charge on any atom is 0.311 e. The largest absolute Gasteiger partial charge is 0.489 e. The molecule has 0 aromatic carbocycles. The molecule has 1 saturated carbocycles. The van der Waals surface area contributed by atoms with E-state index in [1.165, 1.54) is 0 Å². The molecule has 0 bridgehead atoms. The lowest BCUT2D eigenvalue weighted by molar-refractivity contribution is -0.144. The second kappa shape index (κ2) is 10.4. The van der Waals surface area contributed by atoms with E-state index in [1.54, 1.807) is 30.1 Å². The van der Waals surface area contributed by atoms with Gasteiger partial charge in [-0.05, 0) is 50.2 Å². The summed E-state index contributed by atoms with van der Waals surface area (Å²) in [4.78, 5) is 27.9. The molecule has 1 N–H and O–H groups in total. The molecule has 1 aliphatic rings. The molecule has 9 heteroatoms. The van der Waals surface area contributed by atoms with Crippen LogP contribution < -0.4 is 4.74 Å². The van der Waals surface area contributed by atoms with Crippen molar-refractivity contribution in [2.75, 3.05) is 6.61 Å². The minimum absolute atomic E-state index is 0.0650. The molecule has 1 aliphatic carbocycles. The number of aromatic nitrogens is 4. The molecule has 2 atom stereocenters. The SMILES string of the molecule is CC(C)CCOC(=O)Cc1c(-c2ccc(O[C@H]3CCC[C@H](C(=O)O)C3)cn2)nnn1C. The predicted molar refractivity (Wildman–Crippen MR) is 112 cm³/mol. The van der Waals surface area contributed by atoms with E-state index in [1.807, 2.05) is 0 Å². The second-order valence-corrected chi connectivity index (χ2v) is 8.41. The van der Waals surface area contributed by atoms with Gasteiger partial charge < -0.3 is 14.6 Å². The van der Waals surface area contributed by atoms with E-state index in [9.17, 15) is 14.7 Å². The molecule has 168 valence electrons. The Morgan fingerprint density at radius 1 is 1.29 bits per heavy atom. The number of carbonyl (C=O) groups is 2. The molecule has 0 aliphatic heterocycles. The topological polar surface area (TPSA) is 116 Å². The normalized spacial score (nSPS) is 18.7. The smallest absolute Gasteiger partial charge is 0.311 e. The van der Waals surface area contributed by atoms with Crippen molar-refractivity contribution < 1.29 is 24.2 Å². The zero-order valence-corrected chi connectivity index (χ0v) is 18.3. The van der Waals surface area contributed by atoms with E-state index < -0.39 is 5.97 Å². The lowest BCUT2D eigenvalue weighted by Gasteiger charge is -2.27. The van der Waals surface area contributed by atoms with E-state index in [-0.39, 0.29) is 24.4 Å². The minimum Gasteiger partial charge on any atom is -0.489 e. The fourth-order valence-corrected chi connectivity index (χ4v) is 3.63. The van der Waals surface area contributed by atoms with Gasteiger partial charge >= 0.3 is 11.9 Å². The van der Waals surface area contributed by atoms with Crippen LogP contribution in [0, 0.1) is 11.8 Å². The Balaban J connectivity index is 1.63. The van der Waals surface area contributed by atoms with Gasteiger partial charge in [0, 0.05) is 7.05 Å². The predicted octanol–water partition coefficient (Wildman–Crippen LogP) is 3.03. The Labute approximate surface area is 181 Å². The number of esters is 1. The highest BCUT2D eigenvalue weighted by atomic mass is 16.5. The summed E-state index contributed by atoms with van der Waals surface area (Å²) in [6.07, 6.45) is 5.22. The van der Waals surface area contributed by atoms with Crippen molar-refractivity contribution in [1.29, 1.82) is 0 Å². The first-order valence-electron chi connectivity index (χ1n) is 10.7. The number of aliphatic carboxylic acids is 1. The number of carbonyl (C=O) groups excluding carboxylic acids is 1. The molecule has 9 nitrogen and oxygen atoms in total. The van der Waals surface area contributed by atoms with Crippen molar-refractivity contribution in [3.8, 4) is 17.1 Å². The highest BCUT2D eigenvalue weighted by molar-refractivity contribution is 5.75. The molecule has 0 saturated heterocycles. The monoisotopic (exact) mass is 430 g/mol. The number of hydrogen-bond acceptors (Lipinski definition) is 7. The van der Waals surface area contributed by atoms with Crippen molar-refractivity contribution in [1.82, 2.24) is 20.0 Å². The Morgan fingerprint density at radius 2 is 2.10 bits per heavy atom. The average molecular weight is 431 g/mol. The van der Waals surface area contributed by atoms with Gasteiger partial charge in [0.05, 0.1) is 42.6 Å². The summed E-state index contributed by atoms with van der Waals surface area (Å²) in [5, 5.41) is 17.4. The van der Waals surface area contributed by atoms with E-state index in [0.29, 0.717) is 48.2 Å². The summed E-state index contributed by atoms with van der Waals surface area (Å²) < 4.78 is 12.8. The van der Waals surface area contributed by atoms with Gasteiger partial charge in [-0.3, -0.25) is 19.3 Å². The van der Waals surface area contributed by atoms with Gasteiger partial charge in [0.2, 0.25) is 0 Å². The van der Waals surface area contributed by atoms with E-state index in [2.05, 4.69) is 29.1 Å². The van der Waals surface area contributed by atoms with Crippen LogP contribution in [0.5, 0.6) is 5.75 Å². The molecular weight excluding hydrogens is 400 g/mol. The summed E-state index contributed by atoms with van der Waals surface area (Å²) in [6, 6.07) is 3.55. The lowest BCUT2D eigenvalue weighted by Crippen LogP contribution is -2.29. The Kier molecular flexibility index (Phi) is 7.59. The molecule has 2 aromatic rings. The van der Waals surface area contributed by atoms with Crippen LogP contribution in [0.2, 0.25) is 0 Å². The summed E-state index contributed by atoms with van der Waals surface area (Å²) in [6.45, 7) is 4.55. The van der Waals surface area contributed by atoms with E-state index in [0.717, 1.165) is 19.3 Å². The maximum absolute atomic E-state index is 12.2. The minimum atomic E-state index is -0.764. The van der Waals surface area contributed by atoms with Crippen LogP contribution in [0.15, 0.2) is 18.3 Å². The summed E-state index contributed by atoms with van der Waals surface area (Å²) in [5.74, 6) is -0.390. The van der Waals surface area contributed by atoms with Gasteiger partial charge in [-0.2, -0.15) is 0 Å². The molecule has 0 spiro atoms.